The van der Waals surface area contributed by atoms with Gasteiger partial charge in [0, 0.05) is 6.42 Å². The molecule has 2 aliphatic rings. The molecule has 12 heavy (non-hydrogen) atoms. The van der Waals surface area contributed by atoms with E-state index in [4.69, 9.17) is 5.21 Å². The molecule has 2 bridgehead atoms. The second-order valence-electron chi connectivity index (χ2n) is 4.23. The van der Waals surface area contributed by atoms with E-state index in [0.717, 1.165) is 31.4 Å². The lowest BCUT2D eigenvalue weighted by molar-refractivity contribution is -0.0189. The summed E-state index contributed by atoms with van der Waals surface area (Å²) >= 11 is 0. The fraction of sp³-hybridized carbons (Fsp3) is 0.889. The molecular formula is C9H15NO2. The van der Waals surface area contributed by atoms with Gasteiger partial charge in [0.05, 0.1) is 11.3 Å². The van der Waals surface area contributed by atoms with Crippen molar-refractivity contribution in [3.05, 3.63) is 0 Å². The largest absolute Gasteiger partial charge is 0.411 e. The minimum atomic E-state index is -0.539. The van der Waals surface area contributed by atoms with Gasteiger partial charge < -0.3 is 10.3 Å². The van der Waals surface area contributed by atoms with Crippen molar-refractivity contribution in [2.75, 3.05) is 0 Å². The van der Waals surface area contributed by atoms with Gasteiger partial charge in [0.15, 0.2) is 0 Å². The van der Waals surface area contributed by atoms with Gasteiger partial charge in [-0.25, -0.2) is 0 Å². The number of nitrogens with zero attached hydrogens (tertiary/aromatic N) is 1. The number of hydrogen-bond acceptors (Lipinski definition) is 3. The number of fused-ring (bicyclic) bond motifs is 2. The monoisotopic (exact) mass is 169 g/mol. The predicted octanol–water partition coefficient (Wildman–Crippen LogP) is 1.53. The van der Waals surface area contributed by atoms with Crippen LogP contribution in [0.3, 0.4) is 0 Å². The van der Waals surface area contributed by atoms with Crippen LogP contribution in [0.4, 0.5) is 0 Å². The molecule has 2 fully saturated rings. The van der Waals surface area contributed by atoms with Crippen LogP contribution in [0, 0.1) is 5.92 Å². The topological polar surface area (TPSA) is 52.8 Å². The van der Waals surface area contributed by atoms with E-state index in [0.29, 0.717) is 12.3 Å². The Hall–Kier alpha value is -0.570. The average Bonchev–Trinajstić information content (AvgIpc) is 2.02. The average molecular weight is 169 g/mol. The van der Waals surface area contributed by atoms with Gasteiger partial charge in [-0.3, -0.25) is 0 Å². The molecule has 0 spiro atoms. The third-order valence-corrected chi connectivity index (χ3v) is 3.12. The van der Waals surface area contributed by atoms with Crippen LogP contribution < -0.4 is 0 Å². The van der Waals surface area contributed by atoms with Crippen LogP contribution in [0.2, 0.25) is 0 Å². The van der Waals surface area contributed by atoms with Gasteiger partial charge in [0.2, 0.25) is 0 Å². The van der Waals surface area contributed by atoms with E-state index in [9.17, 15) is 5.11 Å². The van der Waals surface area contributed by atoms with Crippen LogP contribution in [-0.2, 0) is 0 Å². The molecule has 0 heterocycles. The van der Waals surface area contributed by atoms with Crippen molar-refractivity contribution in [3.63, 3.8) is 0 Å². The molecule has 68 valence electrons. The fourth-order valence-corrected chi connectivity index (χ4v) is 2.66. The minimum absolute atomic E-state index is 0.539. The van der Waals surface area contributed by atoms with Crippen LogP contribution in [0.25, 0.3) is 0 Å². The van der Waals surface area contributed by atoms with E-state index >= 15 is 0 Å². The summed E-state index contributed by atoms with van der Waals surface area (Å²) in [7, 11) is 0. The zero-order valence-electron chi connectivity index (χ0n) is 7.16. The molecule has 0 amide bonds. The summed E-state index contributed by atoms with van der Waals surface area (Å²) in [6.07, 6.45) is 5.56. The first kappa shape index (κ1) is 8.05. The van der Waals surface area contributed by atoms with E-state index in [1.807, 2.05) is 0 Å². The second-order valence-corrected chi connectivity index (χ2v) is 4.23. The molecule has 2 N–H and O–H groups in total. The Morgan fingerprint density at radius 3 is 3.00 bits per heavy atom. The van der Waals surface area contributed by atoms with Crippen molar-refractivity contribution in [3.8, 4) is 0 Å². The molecule has 2 atom stereocenters. The second kappa shape index (κ2) is 2.73. The molecule has 3 heteroatoms. The first-order valence-electron chi connectivity index (χ1n) is 4.64. The van der Waals surface area contributed by atoms with Crippen LogP contribution in [0.15, 0.2) is 5.16 Å². The highest BCUT2D eigenvalue weighted by molar-refractivity contribution is 5.86. The van der Waals surface area contributed by atoms with Crippen molar-refractivity contribution >= 4 is 5.71 Å². The standard InChI is InChI=1S/C9H15NO2/c11-9-3-1-2-7(5-9)4-8(6-9)10-12/h7,11-12H,1-6H2/b10-8+/t7-,9+/m0/s1. The normalized spacial score (nSPS) is 44.8. The van der Waals surface area contributed by atoms with Crippen molar-refractivity contribution in [1.29, 1.82) is 0 Å². The maximum Gasteiger partial charge on any atom is 0.0703 e. The Bertz CT molecular complexity index is 215. The summed E-state index contributed by atoms with van der Waals surface area (Å²) in [5, 5.41) is 21.9. The lowest BCUT2D eigenvalue weighted by Crippen LogP contribution is -2.42. The minimum Gasteiger partial charge on any atom is -0.411 e. The highest BCUT2D eigenvalue weighted by atomic mass is 16.4. The molecular weight excluding hydrogens is 154 g/mol. The van der Waals surface area contributed by atoms with Crippen molar-refractivity contribution < 1.29 is 10.3 Å². The summed E-state index contributed by atoms with van der Waals surface area (Å²) in [5.41, 5.74) is 0.247. The van der Waals surface area contributed by atoms with Gasteiger partial charge in [-0.2, -0.15) is 0 Å². The van der Waals surface area contributed by atoms with E-state index in [-0.39, 0.29) is 0 Å². The van der Waals surface area contributed by atoms with Crippen molar-refractivity contribution in [2.24, 2.45) is 11.1 Å². The van der Waals surface area contributed by atoms with Gasteiger partial charge in [-0.05, 0) is 31.6 Å². The lowest BCUT2D eigenvalue weighted by atomic mass is 9.68. The summed E-state index contributed by atoms with van der Waals surface area (Å²) in [6.45, 7) is 0. The highest BCUT2D eigenvalue weighted by Crippen LogP contribution is 2.41. The number of oxime groups is 1. The number of aliphatic hydroxyl groups is 1. The van der Waals surface area contributed by atoms with E-state index in [2.05, 4.69) is 5.16 Å². The van der Waals surface area contributed by atoms with Gasteiger partial charge >= 0.3 is 0 Å². The van der Waals surface area contributed by atoms with Gasteiger partial charge in [-0.1, -0.05) is 11.6 Å². The molecule has 0 aliphatic heterocycles. The van der Waals surface area contributed by atoms with Crippen molar-refractivity contribution in [1.82, 2.24) is 0 Å². The van der Waals surface area contributed by atoms with Crippen LogP contribution in [0.1, 0.15) is 38.5 Å². The van der Waals surface area contributed by atoms with E-state index in [1.54, 1.807) is 0 Å². The summed E-state index contributed by atoms with van der Waals surface area (Å²) in [5.74, 6) is 0.559. The van der Waals surface area contributed by atoms with E-state index in [1.165, 1.54) is 6.42 Å². The Balaban J connectivity index is 2.15. The quantitative estimate of drug-likeness (QED) is 0.427. The molecule has 0 unspecified atom stereocenters. The lowest BCUT2D eigenvalue weighted by Gasteiger charge is -2.41. The molecule has 0 saturated heterocycles. The summed E-state index contributed by atoms with van der Waals surface area (Å²) < 4.78 is 0. The van der Waals surface area contributed by atoms with Crippen LogP contribution in [-0.4, -0.2) is 21.6 Å². The first-order chi connectivity index (χ1) is 5.72. The summed E-state index contributed by atoms with van der Waals surface area (Å²) in [4.78, 5) is 0. The van der Waals surface area contributed by atoms with Crippen molar-refractivity contribution in [2.45, 2.75) is 44.1 Å². The maximum absolute atomic E-state index is 10.0. The molecule has 2 aliphatic carbocycles. The zero-order valence-corrected chi connectivity index (χ0v) is 7.16. The number of rotatable bonds is 0. The highest BCUT2D eigenvalue weighted by Gasteiger charge is 2.40. The van der Waals surface area contributed by atoms with E-state index < -0.39 is 5.60 Å². The Morgan fingerprint density at radius 2 is 2.33 bits per heavy atom. The zero-order chi connectivity index (χ0) is 8.60. The third kappa shape index (κ3) is 1.33. The maximum atomic E-state index is 10.0. The van der Waals surface area contributed by atoms with Crippen LogP contribution in [0.5, 0.6) is 0 Å². The van der Waals surface area contributed by atoms with Gasteiger partial charge in [-0.15, -0.1) is 0 Å². The number of hydrogen-bond donors (Lipinski definition) is 2. The molecule has 3 nitrogen and oxygen atoms in total. The smallest absolute Gasteiger partial charge is 0.0703 e. The first-order valence-corrected chi connectivity index (χ1v) is 4.64. The molecule has 0 aromatic rings. The molecule has 0 aromatic carbocycles. The fourth-order valence-electron chi connectivity index (χ4n) is 2.66. The third-order valence-electron chi connectivity index (χ3n) is 3.12. The van der Waals surface area contributed by atoms with Crippen LogP contribution >= 0.6 is 0 Å². The SMILES string of the molecule is O/N=C1\C[C@@H]2CCC[C@](O)(C1)C2. The Kier molecular flexibility index (Phi) is 1.83. The van der Waals surface area contributed by atoms with Gasteiger partial charge in [0.25, 0.3) is 0 Å². The Labute approximate surface area is 72.1 Å². The predicted molar refractivity (Wildman–Crippen MR) is 45.4 cm³/mol. The van der Waals surface area contributed by atoms with Gasteiger partial charge in [0.1, 0.15) is 0 Å². The Morgan fingerprint density at radius 1 is 1.50 bits per heavy atom. The molecule has 2 saturated carbocycles. The summed E-state index contributed by atoms with van der Waals surface area (Å²) in [6, 6.07) is 0. The molecule has 0 aromatic heterocycles. The molecule has 2 rings (SSSR count). The molecule has 0 radical (unpaired) electrons.